The summed E-state index contributed by atoms with van der Waals surface area (Å²) in [4.78, 5) is 0. The highest BCUT2D eigenvalue weighted by atomic mass is 19.1. The van der Waals surface area contributed by atoms with Crippen LogP contribution in [-0.4, -0.2) is 11.7 Å². The summed E-state index contributed by atoms with van der Waals surface area (Å²) in [7, 11) is 0. The Labute approximate surface area is 138 Å². The van der Waals surface area contributed by atoms with Crippen molar-refractivity contribution in [3.8, 4) is 18.2 Å². The maximum absolute atomic E-state index is 13.7. The highest BCUT2D eigenvalue weighted by Gasteiger charge is 2.78. The zero-order valence-electron chi connectivity index (χ0n) is 13.0. The first-order valence-corrected chi connectivity index (χ1v) is 7.26. The number of nitriles is 3. The molecule has 24 heavy (non-hydrogen) atoms. The zero-order chi connectivity index (χ0) is 17.8. The second-order valence-corrected chi connectivity index (χ2v) is 6.17. The highest BCUT2D eigenvalue weighted by molar-refractivity contribution is 5.89. The van der Waals surface area contributed by atoms with Gasteiger partial charge in [0.2, 0.25) is 17.1 Å². The van der Waals surface area contributed by atoms with Crippen LogP contribution in [0.2, 0.25) is 0 Å². The van der Waals surface area contributed by atoms with Gasteiger partial charge >= 0.3 is 0 Å². The van der Waals surface area contributed by atoms with E-state index in [1.54, 1.807) is 13.8 Å². The van der Waals surface area contributed by atoms with E-state index in [9.17, 15) is 20.2 Å². The first-order valence-electron chi connectivity index (χ1n) is 7.26. The van der Waals surface area contributed by atoms with Crippen LogP contribution in [0.5, 0.6) is 0 Å². The largest absolute Gasteiger partial charge is 0.448 e. The summed E-state index contributed by atoms with van der Waals surface area (Å²) >= 11 is 0. The lowest BCUT2D eigenvalue weighted by Crippen LogP contribution is -2.57. The Balaban J connectivity index is 2.34. The van der Waals surface area contributed by atoms with Crippen molar-refractivity contribution < 1.29 is 13.9 Å². The van der Waals surface area contributed by atoms with E-state index in [4.69, 9.17) is 14.9 Å². The van der Waals surface area contributed by atoms with Gasteiger partial charge in [-0.1, -0.05) is 19.1 Å². The average molecular weight is 324 g/mol. The molecule has 1 aromatic rings. The predicted octanol–water partition coefficient (Wildman–Crippen LogP) is 2.80. The van der Waals surface area contributed by atoms with E-state index < -0.39 is 40.4 Å². The van der Waals surface area contributed by atoms with E-state index >= 15 is 0 Å². The van der Waals surface area contributed by atoms with Gasteiger partial charge in [-0.2, -0.15) is 15.8 Å². The SMILES string of the molecule is C[C@@H]1[C@@]2(C)OC(=N)[C@@]1(C#N)C(C#N)(C#N)[C@H](c1cccc(F)c1)O2. The van der Waals surface area contributed by atoms with Gasteiger partial charge in [0, 0.05) is 6.92 Å². The van der Waals surface area contributed by atoms with E-state index in [0.717, 1.165) is 6.07 Å². The maximum Gasteiger partial charge on any atom is 0.214 e. The summed E-state index contributed by atoms with van der Waals surface area (Å²) in [5.74, 6) is -3.12. The molecule has 7 heteroatoms. The molecular weight excluding hydrogens is 311 g/mol. The van der Waals surface area contributed by atoms with Gasteiger partial charge in [-0.3, -0.25) is 5.41 Å². The van der Waals surface area contributed by atoms with Crippen molar-refractivity contribution in [2.24, 2.45) is 16.7 Å². The second-order valence-electron chi connectivity index (χ2n) is 6.17. The highest BCUT2D eigenvalue weighted by Crippen LogP contribution is 2.66. The smallest absolute Gasteiger partial charge is 0.214 e. The van der Waals surface area contributed by atoms with Crippen molar-refractivity contribution in [2.45, 2.75) is 25.7 Å². The van der Waals surface area contributed by atoms with E-state index in [-0.39, 0.29) is 5.56 Å². The molecule has 2 aliphatic rings. The predicted molar refractivity (Wildman–Crippen MR) is 78.3 cm³/mol. The third-order valence-electron chi connectivity index (χ3n) is 5.15. The molecule has 3 rings (SSSR count). The average Bonchev–Trinajstić information content (AvgIpc) is 2.70. The molecule has 0 spiro atoms. The standard InChI is InChI=1S/C17H13FN4O2/c1-10-15(2)23-13(11-4-3-5-12(18)6-11)16(7-19,8-20)17(10,9-21)14(22)24-15/h3-6,10,13,22H,1-2H3/t10-,13+,15-,17+/m1/s1. The van der Waals surface area contributed by atoms with Crippen LogP contribution in [0.15, 0.2) is 24.3 Å². The molecule has 0 aliphatic carbocycles. The molecule has 2 aliphatic heterocycles. The maximum atomic E-state index is 13.7. The van der Waals surface area contributed by atoms with Gasteiger partial charge < -0.3 is 9.47 Å². The molecule has 2 saturated heterocycles. The summed E-state index contributed by atoms with van der Waals surface area (Å²) in [6.07, 6.45) is -1.23. The number of hydrogen-bond acceptors (Lipinski definition) is 6. The Bertz CT molecular complexity index is 851. The molecule has 2 fully saturated rings. The first-order chi connectivity index (χ1) is 11.3. The molecule has 2 heterocycles. The number of nitrogens with zero attached hydrogens (tertiary/aromatic N) is 3. The molecule has 0 radical (unpaired) electrons. The molecule has 0 saturated carbocycles. The molecule has 1 N–H and O–H groups in total. The minimum absolute atomic E-state index is 0.245. The van der Waals surface area contributed by atoms with Gasteiger partial charge in [-0.25, -0.2) is 4.39 Å². The topological polar surface area (TPSA) is 114 Å². The third-order valence-corrected chi connectivity index (χ3v) is 5.15. The van der Waals surface area contributed by atoms with Crippen LogP contribution in [0.1, 0.15) is 25.5 Å². The monoisotopic (exact) mass is 324 g/mol. The van der Waals surface area contributed by atoms with Crippen LogP contribution >= 0.6 is 0 Å². The first kappa shape index (κ1) is 15.9. The third kappa shape index (κ3) is 1.56. The van der Waals surface area contributed by atoms with E-state index in [0.29, 0.717) is 0 Å². The van der Waals surface area contributed by atoms with Crippen LogP contribution < -0.4 is 0 Å². The van der Waals surface area contributed by atoms with Crippen molar-refractivity contribution >= 4 is 5.90 Å². The van der Waals surface area contributed by atoms with Crippen molar-refractivity contribution in [3.63, 3.8) is 0 Å². The molecule has 120 valence electrons. The Kier molecular flexibility index (Phi) is 3.17. The fourth-order valence-corrected chi connectivity index (χ4v) is 3.68. The molecule has 1 aromatic carbocycles. The Morgan fingerprint density at radius 1 is 1.21 bits per heavy atom. The van der Waals surface area contributed by atoms with Crippen LogP contribution in [0.25, 0.3) is 0 Å². The number of nitrogens with one attached hydrogen (secondary N) is 1. The summed E-state index contributed by atoms with van der Waals surface area (Å²) in [6.45, 7) is 3.16. The molecule has 0 aromatic heterocycles. The van der Waals surface area contributed by atoms with Crippen LogP contribution in [-0.2, 0) is 9.47 Å². The number of benzene rings is 1. The fraction of sp³-hybridized carbons (Fsp3) is 0.412. The molecule has 6 nitrogen and oxygen atoms in total. The molecule has 2 bridgehead atoms. The van der Waals surface area contributed by atoms with Gasteiger partial charge in [0.15, 0.2) is 5.41 Å². The van der Waals surface area contributed by atoms with E-state index in [1.165, 1.54) is 18.2 Å². The van der Waals surface area contributed by atoms with Gasteiger partial charge in [0.1, 0.15) is 11.9 Å². The van der Waals surface area contributed by atoms with Gasteiger partial charge in [-0.15, -0.1) is 0 Å². The number of fused-ring (bicyclic) bond motifs is 2. The number of hydrogen-bond donors (Lipinski definition) is 1. The second kappa shape index (κ2) is 4.77. The fourth-order valence-electron chi connectivity index (χ4n) is 3.68. The minimum atomic E-state index is -2.04. The minimum Gasteiger partial charge on any atom is -0.448 e. The van der Waals surface area contributed by atoms with Crippen LogP contribution in [0, 0.1) is 62.0 Å². The summed E-state index contributed by atoms with van der Waals surface area (Å²) in [5.41, 5.74) is -3.60. The molecule has 0 amide bonds. The quantitative estimate of drug-likeness (QED) is 0.853. The van der Waals surface area contributed by atoms with Crippen LogP contribution in [0.4, 0.5) is 4.39 Å². The van der Waals surface area contributed by atoms with Crippen molar-refractivity contribution in [1.82, 2.24) is 0 Å². The summed E-state index contributed by atoms with van der Waals surface area (Å²) in [5, 5.41) is 37.6. The van der Waals surface area contributed by atoms with E-state index in [1.807, 2.05) is 18.2 Å². The van der Waals surface area contributed by atoms with Gasteiger partial charge in [0.25, 0.3) is 0 Å². The zero-order valence-corrected chi connectivity index (χ0v) is 13.0. The molecular formula is C17H13FN4O2. The normalized spacial score (nSPS) is 36.1. The number of ether oxygens (including phenoxy) is 2. The lowest BCUT2D eigenvalue weighted by atomic mass is 9.54. The van der Waals surface area contributed by atoms with Gasteiger partial charge in [0.05, 0.1) is 24.1 Å². The Morgan fingerprint density at radius 3 is 2.42 bits per heavy atom. The molecule has 4 atom stereocenters. The lowest BCUT2D eigenvalue weighted by Gasteiger charge is -2.47. The van der Waals surface area contributed by atoms with Crippen LogP contribution in [0.3, 0.4) is 0 Å². The lowest BCUT2D eigenvalue weighted by molar-refractivity contribution is -0.268. The van der Waals surface area contributed by atoms with Crippen molar-refractivity contribution in [1.29, 1.82) is 21.2 Å². The Morgan fingerprint density at radius 2 is 1.88 bits per heavy atom. The summed E-state index contributed by atoms with van der Waals surface area (Å²) < 4.78 is 25.0. The van der Waals surface area contributed by atoms with Crippen molar-refractivity contribution in [2.75, 3.05) is 0 Å². The number of rotatable bonds is 1. The van der Waals surface area contributed by atoms with Crippen molar-refractivity contribution in [3.05, 3.63) is 35.6 Å². The molecule has 0 unspecified atom stereocenters. The van der Waals surface area contributed by atoms with E-state index in [2.05, 4.69) is 0 Å². The Hall–Kier alpha value is -2.95. The number of halogens is 1. The summed E-state index contributed by atoms with van der Waals surface area (Å²) in [6, 6.07) is 11.1. The van der Waals surface area contributed by atoms with Gasteiger partial charge in [-0.05, 0) is 17.7 Å².